The second kappa shape index (κ2) is 9.37. The molecule has 5 heteroatoms. The number of ether oxygens (including phenoxy) is 1. The normalized spacial score (nSPS) is 15.0. The highest BCUT2D eigenvalue weighted by atomic mass is 16.5. The van der Waals surface area contributed by atoms with Crippen molar-refractivity contribution in [2.45, 2.75) is 44.9 Å². The lowest BCUT2D eigenvalue weighted by molar-refractivity contribution is 0.150. The van der Waals surface area contributed by atoms with Crippen molar-refractivity contribution in [1.29, 1.82) is 0 Å². The molecular formula is C16H26N2O3. The lowest BCUT2D eigenvalue weighted by Gasteiger charge is -2.21. The van der Waals surface area contributed by atoms with Gasteiger partial charge in [0.15, 0.2) is 0 Å². The zero-order chi connectivity index (χ0) is 15.7. The van der Waals surface area contributed by atoms with Gasteiger partial charge in [-0.15, -0.1) is 0 Å². The molecule has 0 aromatic heterocycles. The van der Waals surface area contributed by atoms with E-state index in [2.05, 4.69) is 10.6 Å². The van der Waals surface area contributed by atoms with E-state index in [0.717, 1.165) is 12.0 Å². The summed E-state index contributed by atoms with van der Waals surface area (Å²) in [5.74, 6) is 0. The van der Waals surface area contributed by atoms with E-state index in [0.29, 0.717) is 13.0 Å². The number of nitrogens with one attached hydrogen (secondary N) is 2. The molecule has 3 N–H and O–H groups in total. The van der Waals surface area contributed by atoms with Crippen LogP contribution in [-0.2, 0) is 4.74 Å². The van der Waals surface area contributed by atoms with Crippen molar-refractivity contribution in [3.63, 3.8) is 0 Å². The molecule has 21 heavy (non-hydrogen) atoms. The topological polar surface area (TPSA) is 70.6 Å². The second-order valence-corrected chi connectivity index (χ2v) is 5.24. The number of benzene rings is 1. The summed E-state index contributed by atoms with van der Waals surface area (Å²) in [6.07, 6.45) is 0.697. The summed E-state index contributed by atoms with van der Waals surface area (Å²) in [6, 6.07) is 9.09. The molecule has 0 bridgehead atoms. The van der Waals surface area contributed by atoms with Crippen molar-refractivity contribution in [2.75, 3.05) is 13.7 Å². The van der Waals surface area contributed by atoms with Crippen molar-refractivity contribution in [1.82, 2.24) is 10.6 Å². The highest BCUT2D eigenvalue weighted by Gasteiger charge is 2.16. The Labute approximate surface area is 126 Å². The van der Waals surface area contributed by atoms with Crippen molar-refractivity contribution < 1.29 is 14.6 Å². The molecule has 0 aliphatic carbocycles. The molecule has 0 fully saturated rings. The van der Waals surface area contributed by atoms with Crippen LogP contribution >= 0.6 is 0 Å². The zero-order valence-corrected chi connectivity index (χ0v) is 13.0. The fraction of sp³-hybridized carbons (Fsp3) is 0.562. The van der Waals surface area contributed by atoms with E-state index in [4.69, 9.17) is 4.74 Å². The second-order valence-electron chi connectivity index (χ2n) is 5.24. The Morgan fingerprint density at radius 3 is 2.52 bits per heavy atom. The number of rotatable bonds is 8. The van der Waals surface area contributed by atoms with Gasteiger partial charge in [0, 0.05) is 13.2 Å². The third kappa shape index (κ3) is 6.60. The maximum Gasteiger partial charge on any atom is 0.315 e. The molecule has 1 aromatic carbocycles. The molecule has 0 saturated heterocycles. The summed E-state index contributed by atoms with van der Waals surface area (Å²) in [5.41, 5.74) is 0.859. The first-order chi connectivity index (χ1) is 10.1. The number of methoxy groups -OCH3 is 1. The van der Waals surface area contributed by atoms with Gasteiger partial charge in [0.25, 0.3) is 0 Å². The highest BCUT2D eigenvalue weighted by Crippen LogP contribution is 2.17. The molecule has 3 atom stereocenters. The van der Waals surface area contributed by atoms with E-state index >= 15 is 0 Å². The van der Waals surface area contributed by atoms with Gasteiger partial charge in [0.1, 0.15) is 0 Å². The summed E-state index contributed by atoms with van der Waals surface area (Å²) in [5, 5.41) is 15.8. The van der Waals surface area contributed by atoms with Gasteiger partial charge in [-0.2, -0.15) is 0 Å². The van der Waals surface area contributed by atoms with E-state index in [1.54, 1.807) is 7.11 Å². The Morgan fingerprint density at radius 1 is 1.29 bits per heavy atom. The Hall–Kier alpha value is -1.59. The van der Waals surface area contributed by atoms with Crippen LogP contribution in [0.5, 0.6) is 0 Å². The minimum Gasteiger partial charge on any atom is -0.388 e. The summed E-state index contributed by atoms with van der Waals surface area (Å²) in [4.78, 5) is 11.9. The molecular weight excluding hydrogens is 268 g/mol. The van der Waals surface area contributed by atoms with Crippen molar-refractivity contribution in [3.05, 3.63) is 35.9 Å². The van der Waals surface area contributed by atoms with Crippen LogP contribution < -0.4 is 10.6 Å². The van der Waals surface area contributed by atoms with Crippen LogP contribution in [0.1, 0.15) is 38.4 Å². The molecule has 0 heterocycles. The maximum atomic E-state index is 11.9. The minimum absolute atomic E-state index is 0.00115. The van der Waals surface area contributed by atoms with Gasteiger partial charge in [-0.25, -0.2) is 4.79 Å². The van der Waals surface area contributed by atoms with Crippen molar-refractivity contribution >= 4 is 6.03 Å². The van der Waals surface area contributed by atoms with Crippen molar-refractivity contribution in [2.24, 2.45) is 0 Å². The van der Waals surface area contributed by atoms with Gasteiger partial charge < -0.3 is 20.5 Å². The van der Waals surface area contributed by atoms with Crippen LogP contribution in [0.3, 0.4) is 0 Å². The van der Waals surface area contributed by atoms with Crippen LogP contribution in [-0.4, -0.2) is 36.9 Å². The molecule has 0 saturated carbocycles. The number of carbonyl (C=O) groups excluding carboxylic acids is 1. The van der Waals surface area contributed by atoms with Crippen LogP contribution in [0.2, 0.25) is 0 Å². The summed E-state index contributed by atoms with van der Waals surface area (Å²) < 4.78 is 5.04. The van der Waals surface area contributed by atoms with E-state index in [-0.39, 0.29) is 18.1 Å². The number of aliphatic hydroxyl groups excluding tert-OH is 1. The molecule has 0 spiro atoms. The molecule has 1 aromatic rings. The van der Waals surface area contributed by atoms with Gasteiger partial charge in [0.05, 0.1) is 18.8 Å². The molecule has 0 aliphatic rings. The molecule has 0 radical (unpaired) electrons. The average Bonchev–Trinajstić information content (AvgIpc) is 2.47. The number of amides is 2. The SMILES string of the molecule is CCC(COC)NC(=O)NC(C)CC(O)c1ccccc1. The van der Waals surface area contributed by atoms with Crippen LogP contribution in [0.4, 0.5) is 4.79 Å². The van der Waals surface area contributed by atoms with Gasteiger partial charge >= 0.3 is 6.03 Å². The standard InChI is InChI=1S/C16H26N2O3/c1-4-14(11-21-3)18-16(20)17-12(2)10-15(19)13-8-6-5-7-9-13/h5-9,12,14-15,19H,4,10-11H2,1-3H3,(H2,17,18,20). The Bertz CT molecular complexity index is 411. The summed E-state index contributed by atoms with van der Waals surface area (Å²) >= 11 is 0. The Kier molecular flexibility index (Phi) is 7.79. The van der Waals surface area contributed by atoms with Gasteiger partial charge in [-0.05, 0) is 25.3 Å². The smallest absolute Gasteiger partial charge is 0.315 e. The highest BCUT2D eigenvalue weighted by molar-refractivity contribution is 5.74. The molecule has 3 unspecified atom stereocenters. The van der Waals surface area contributed by atoms with E-state index in [9.17, 15) is 9.90 Å². The lowest BCUT2D eigenvalue weighted by Crippen LogP contribution is -2.47. The van der Waals surface area contributed by atoms with Crippen LogP contribution in [0, 0.1) is 0 Å². The van der Waals surface area contributed by atoms with Crippen molar-refractivity contribution in [3.8, 4) is 0 Å². The monoisotopic (exact) mass is 294 g/mol. The number of carbonyl (C=O) groups is 1. The molecule has 1 rings (SSSR count). The third-order valence-corrected chi connectivity index (χ3v) is 3.33. The van der Waals surface area contributed by atoms with E-state index in [1.165, 1.54) is 0 Å². The largest absolute Gasteiger partial charge is 0.388 e. The van der Waals surface area contributed by atoms with Gasteiger partial charge in [-0.3, -0.25) is 0 Å². The quantitative estimate of drug-likeness (QED) is 0.688. The first kappa shape index (κ1) is 17.5. The predicted molar refractivity (Wildman–Crippen MR) is 83.1 cm³/mol. The number of hydrogen-bond donors (Lipinski definition) is 3. The zero-order valence-electron chi connectivity index (χ0n) is 13.0. The minimum atomic E-state index is -0.581. The number of aliphatic hydroxyl groups is 1. The fourth-order valence-corrected chi connectivity index (χ4v) is 2.12. The van der Waals surface area contributed by atoms with Crippen LogP contribution in [0.15, 0.2) is 30.3 Å². The predicted octanol–water partition coefficient (Wildman–Crippen LogP) is 2.22. The maximum absolute atomic E-state index is 11.9. The fourth-order valence-electron chi connectivity index (χ4n) is 2.12. The first-order valence-corrected chi connectivity index (χ1v) is 7.35. The average molecular weight is 294 g/mol. The number of urea groups is 1. The van der Waals surface area contributed by atoms with Crippen LogP contribution in [0.25, 0.3) is 0 Å². The van der Waals surface area contributed by atoms with Gasteiger partial charge in [-0.1, -0.05) is 37.3 Å². The summed E-state index contributed by atoms with van der Waals surface area (Å²) in [6.45, 7) is 4.36. The molecule has 118 valence electrons. The third-order valence-electron chi connectivity index (χ3n) is 3.33. The summed E-state index contributed by atoms with van der Waals surface area (Å²) in [7, 11) is 1.61. The van der Waals surface area contributed by atoms with E-state index < -0.39 is 6.10 Å². The first-order valence-electron chi connectivity index (χ1n) is 7.35. The molecule has 5 nitrogen and oxygen atoms in total. The molecule has 0 aliphatic heterocycles. The van der Waals surface area contributed by atoms with E-state index in [1.807, 2.05) is 44.2 Å². The number of hydrogen-bond acceptors (Lipinski definition) is 3. The Morgan fingerprint density at radius 2 is 1.95 bits per heavy atom. The Balaban J connectivity index is 2.39. The lowest BCUT2D eigenvalue weighted by atomic mass is 10.0. The molecule has 2 amide bonds. The van der Waals surface area contributed by atoms with Gasteiger partial charge in [0.2, 0.25) is 0 Å².